The van der Waals surface area contributed by atoms with Gasteiger partial charge in [-0.15, -0.1) is 0 Å². The van der Waals surface area contributed by atoms with Gasteiger partial charge in [-0.3, -0.25) is 14.2 Å². The average Bonchev–Trinajstić information content (AvgIpc) is 3.29. The minimum atomic E-state index is -0.329. The molecule has 5 rings (SSSR count). The number of carbonyl (C=O) groups is 1. The van der Waals surface area contributed by atoms with Crippen molar-refractivity contribution in [3.8, 4) is 0 Å². The number of pyridine rings is 1. The summed E-state index contributed by atoms with van der Waals surface area (Å²) >= 11 is 0. The number of ketones is 1. The van der Waals surface area contributed by atoms with E-state index in [-0.39, 0.29) is 29.6 Å². The van der Waals surface area contributed by atoms with Gasteiger partial charge >= 0.3 is 0 Å². The summed E-state index contributed by atoms with van der Waals surface area (Å²) < 4.78 is 9.00. The molecule has 1 unspecified atom stereocenters. The summed E-state index contributed by atoms with van der Waals surface area (Å²) in [6.07, 6.45) is 9.22. The molecule has 3 aromatic rings. The van der Waals surface area contributed by atoms with Crippen LogP contribution in [-0.4, -0.2) is 49.8 Å². The molecule has 0 spiro atoms. The largest absolute Gasteiger partial charge is 0.393 e. The topological polar surface area (TPSA) is 123 Å². The van der Waals surface area contributed by atoms with Gasteiger partial charge in [0.2, 0.25) is 0 Å². The number of nitrogens with zero attached hydrogens (tertiary/aromatic N) is 4. The number of Topliss-reactive ketones (excluding diaryl/α,β-unsaturated/α-hetero) is 1. The van der Waals surface area contributed by atoms with Crippen LogP contribution >= 0.6 is 0 Å². The molecule has 1 aliphatic heterocycles. The fraction of sp³-hybridized carbons (Fsp3) is 0.520. The number of aliphatic hydroxyl groups excluding tert-OH is 1. The third-order valence-corrected chi connectivity index (χ3v) is 6.96. The van der Waals surface area contributed by atoms with Gasteiger partial charge in [0, 0.05) is 32.3 Å². The third kappa shape index (κ3) is 4.94. The highest BCUT2D eigenvalue weighted by atomic mass is 16.5. The standard InChI is InChI=1S/C25H32N6O4/c1-26-22-14-21(28-19-8-5-10-30(25(19)34)23-9-2-3-11-35-23)29-24-18(15-27-31(22)24)20(33)13-16-6-4-7-17(32)12-16/h5,8,10,14-17,23,26,32H,2-4,6-7,9,11-13H2,1H3,(H,28,29)/t16?,17-,23+/m1/s1. The molecule has 10 heteroatoms. The van der Waals surface area contributed by atoms with Crippen LogP contribution in [0.25, 0.3) is 5.65 Å². The molecule has 0 bridgehead atoms. The van der Waals surface area contributed by atoms with Crippen LogP contribution in [0.2, 0.25) is 0 Å². The number of aromatic nitrogens is 4. The Morgan fingerprint density at radius 2 is 2.14 bits per heavy atom. The minimum Gasteiger partial charge on any atom is -0.393 e. The quantitative estimate of drug-likeness (QED) is 0.439. The molecule has 1 aliphatic carbocycles. The molecular formula is C25H32N6O4. The zero-order valence-electron chi connectivity index (χ0n) is 19.9. The summed E-state index contributed by atoms with van der Waals surface area (Å²) in [5.74, 6) is 1.19. The first-order valence-corrected chi connectivity index (χ1v) is 12.4. The zero-order chi connectivity index (χ0) is 24.4. The molecule has 1 saturated heterocycles. The van der Waals surface area contributed by atoms with Crippen LogP contribution in [0.4, 0.5) is 17.3 Å². The van der Waals surface area contributed by atoms with E-state index in [9.17, 15) is 14.7 Å². The van der Waals surface area contributed by atoms with Gasteiger partial charge in [0.15, 0.2) is 11.4 Å². The summed E-state index contributed by atoms with van der Waals surface area (Å²) in [7, 11) is 1.76. The Kier molecular flexibility index (Phi) is 6.83. The van der Waals surface area contributed by atoms with E-state index in [2.05, 4.69) is 20.7 Å². The summed E-state index contributed by atoms with van der Waals surface area (Å²) in [6, 6.07) is 5.27. The van der Waals surface area contributed by atoms with Crippen molar-refractivity contribution in [1.82, 2.24) is 19.2 Å². The smallest absolute Gasteiger partial charge is 0.276 e. The van der Waals surface area contributed by atoms with Crippen LogP contribution in [-0.2, 0) is 4.74 Å². The Bertz CT molecular complexity index is 1260. The molecule has 35 heavy (non-hydrogen) atoms. The van der Waals surface area contributed by atoms with Gasteiger partial charge in [0.25, 0.3) is 5.56 Å². The van der Waals surface area contributed by atoms with Gasteiger partial charge in [-0.2, -0.15) is 9.61 Å². The average molecular weight is 481 g/mol. The number of anilines is 3. The van der Waals surface area contributed by atoms with Gasteiger partial charge in [0.05, 0.1) is 17.9 Å². The van der Waals surface area contributed by atoms with Crippen LogP contribution in [0.3, 0.4) is 0 Å². The molecule has 1 saturated carbocycles. The van der Waals surface area contributed by atoms with Gasteiger partial charge in [-0.25, -0.2) is 4.98 Å². The van der Waals surface area contributed by atoms with E-state index in [0.717, 1.165) is 38.5 Å². The number of hydrogen-bond acceptors (Lipinski definition) is 8. The highest BCUT2D eigenvalue weighted by molar-refractivity contribution is 6.01. The lowest BCUT2D eigenvalue weighted by atomic mass is 9.83. The second-order valence-electron chi connectivity index (χ2n) is 9.46. The number of carbonyl (C=O) groups excluding carboxylic acids is 1. The number of aliphatic hydroxyl groups is 1. The molecule has 2 fully saturated rings. The van der Waals surface area contributed by atoms with Crippen molar-refractivity contribution in [3.05, 3.63) is 46.5 Å². The molecule has 0 radical (unpaired) electrons. The van der Waals surface area contributed by atoms with E-state index in [1.807, 2.05) is 6.07 Å². The van der Waals surface area contributed by atoms with Crippen molar-refractivity contribution < 1.29 is 14.6 Å². The maximum Gasteiger partial charge on any atom is 0.276 e. The fourth-order valence-corrected chi connectivity index (χ4v) is 5.13. The Labute approximate surface area is 203 Å². The minimum absolute atomic E-state index is 0.0395. The van der Waals surface area contributed by atoms with Crippen LogP contribution in [0.1, 0.15) is 68.0 Å². The summed E-state index contributed by atoms with van der Waals surface area (Å²) in [4.78, 5) is 31.0. The predicted octanol–water partition coefficient (Wildman–Crippen LogP) is 3.50. The summed E-state index contributed by atoms with van der Waals surface area (Å²) in [6.45, 7) is 0.649. The molecule has 186 valence electrons. The molecule has 3 atom stereocenters. The van der Waals surface area contributed by atoms with Crippen molar-refractivity contribution in [2.75, 3.05) is 24.3 Å². The summed E-state index contributed by atoms with van der Waals surface area (Å²) in [5.41, 5.74) is 1.05. The lowest BCUT2D eigenvalue weighted by Gasteiger charge is -2.25. The normalized spacial score (nSPS) is 22.7. The summed E-state index contributed by atoms with van der Waals surface area (Å²) in [5, 5.41) is 20.6. The molecule has 4 heterocycles. The van der Waals surface area contributed by atoms with E-state index in [0.29, 0.717) is 48.0 Å². The maximum absolute atomic E-state index is 13.2. The van der Waals surface area contributed by atoms with E-state index < -0.39 is 0 Å². The molecule has 3 aromatic heterocycles. The van der Waals surface area contributed by atoms with Crippen molar-refractivity contribution in [2.24, 2.45) is 5.92 Å². The van der Waals surface area contributed by atoms with Gasteiger partial charge in [-0.05, 0) is 56.6 Å². The van der Waals surface area contributed by atoms with E-state index >= 15 is 0 Å². The Morgan fingerprint density at radius 3 is 2.91 bits per heavy atom. The number of fused-ring (bicyclic) bond motifs is 1. The first kappa shape index (κ1) is 23.5. The van der Waals surface area contributed by atoms with Crippen molar-refractivity contribution in [3.63, 3.8) is 0 Å². The third-order valence-electron chi connectivity index (χ3n) is 6.96. The Balaban J connectivity index is 1.43. The first-order chi connectivity index (χ1) is 17.0. The molecular weight excluding hydrogens is 448 g/mol. The lowest BCUT2D eigenvalue weighted by molar-refractivity contribution is -0.0339. The van der Waals surface area contributed by atoms with Crippen molar-refractivity contribution >= 4 is 28.8 Å². The van der Waals surface area contributed by atoms with E-state index in [1.54, 1.807) is 40.7 Å². The van der Waals surface area contributed by atoms with Gasteiger partial charge in [0.1, 0.15) is 23.6 Å². The van der Waals surface area contributed by atoms with Crippen molar-refractivity contribution in [2.45, 2.75) is 63.7 Å². The highest BCUT2D eigenvalue weighted by Crippen LogP contribution is 2.29. The zero-order valence-corrected chi connectivity index (χ0v) is 19.9. The van der Waals surface area contributed by atoms with E-state index in [4.69, 9.17) is 4.74 Å². The Morgan fingerprint density at radius 1 is 1.26 bits per heavy atom. The first-order valence-electron chi connectivity index (χ1n) is 12.4. The van der Waals surface area contributed by atoms with Crippen LogP contribution < -0.4 is 16.2 Å². The monoisotopic (exact) mass is 480 g/mol. The fourth-order valence-electron chi connectivity index (χ4n) is 5.13. The second kappa shape index (κ2) is 10.2. The van der Waals surface area contributed by atoms with Crippen LogP contribution in [0.15, 0.2) is 35.4 Å². The molecule has 3 N–H and O–H groups in total. The molecule has 0 amide bonds. The molecule has 10 nitrogen and oxygen atoms in total. The highest BCUT2D eigenvalue weighted by Gasteiger charge is 2.25. The number of rotatable bonds is 7. The van der Waals surface area contributed by atoms with Gasteiger partial charge < -0.3 is 20.5 Å². The number of nitrogens with one attached hydrogen (secondary N) is 2. The second-order valence-corrected chi connectivity index (χ2v) is 9.46. The van der Waals surface area contributed by atoms with Crippen LogP contribution in [0.5, 0.6) is 0 Å². The number of hydrogen-bond donors (Lipinski definition) is 3. The van der Waals surface area contributed by atoms with Crippen LogP contribution in [0, 0.1) is 5.92 Å². The molecule has 0 aromatic carbocycles. The Hall–Kier alpha value is -3.24. The maximum atomic E-state index is 13.2. The van der Waals surface area contributed by atoms with E-state index in [1.165, 1.54) is 0 Å². The van der Waals surface area contributed by atoms with Gasteiger partial charge in [-0.1, -0.05) is 6.42 Å². The predicted molar refractivity (Wildman–Crippen MR) is 132 cm³/mol. The van der Waals surface area contributed by atoms with Crippen molar-refractivity contribution in [1.29, 1.82) is 0 Å². The number of ether oxygens (including phenoxy) is 1. The SMILES string of the molecule is CNc1cc(Nc2cccn([C@@H]3CCCCO3)c2=O)nc2c(C(=O)CC3CCC[C@@H](O)C3)cnn12. The molecule has 2 aliphatic rings. The lowest BCUT2D eigenvalue weighted by Crippen LogP contribution is -2.29.